The molecule has 0 aliphatic carbocycles. The van der Waals surface area contributed by atoms with Crippen LogP contribution in [0, 0.1) is 5.92 Å². The Morgan fingerprint density at radius 1 is 0.778 bits per heavy atom. The van der Waals surface area contributed by atoms with Crippen molar-refractivity contribution in [3.05, 3.63) is 0 Å². The Labute approximate surface area is 175 Å². The molecule has 3 nitrogen and oxygen atoms in total. The topological polar surface area (TPSA) is 43.4 Å². The van der Waals surface area contributed by atoms with Gasteiger partial charge in [0.2, 0.25) is 0 Å². The number of esters is 2. The minimum absolute atomic E-state index is 0.0246. The molecule has 1 fully saturated rings. The molecule has 0 radical (unpaired) electrons. The van der Waals surface area contributed by atoms with Crippen LogP contribution in [0.15, 0.2) is 0 Å². The maximum Gasteiger partial charge on any atom is 0.317 e. The second-order valence-corrected chi connectivity index (χ2v) is 8.95. The number of ether oxygens (including phenoxy) is 1. The molecule has 1 aliphatic rings. The quantitative estimate of drug-likeness (QED) is 0.102. The second kappa shape index (κ2) is 16.7. The fourth-order valence-corrected chi connectivity index (χ4v) is 4.27. The molecule has 5 heteroatoms. The summed E-state index contributed by atoms with van der Waals surface area (Å²) in [6.45, 7) is 0. The van der Waals surface area contributed by atoms with E-state index in [1.807, 2.05) is 0 Å². The second-order valence-electron chi connectivity index (χ2n) is 7.95. The largest absolute Gasteiger partial charge is 0.393 e. The van der Waals surface area contributed by atoms with Crippen molar-refractivity contribution in [1.29, 1.82) is 0 Å². The van der Waals surface area contributed by atoms with Crippen molar-refractivity contribution < 1.29 is 14.3 Å². The molecule has 2 unspecified atom stereocenters. The predicted octanol–water partition coefficient (Wildman–Crippen LogP) is 7.16. The van der Waals surface area contributed by atoms with Gasteiger partial charge in [-0.15, -0.1) is 23.2 Å². The highest BCUT2D eigenvalue weighted by atomic mass is 35.5. The average Bonchev–Trinajstić information content (AvgIpc) is 2.95. The van der Waals surface area contributed by atoms with Crippen molar-refractivity contribution in [1.82, 2.24) is 0 Å². The van der Waals surface area contributed by atoms with Crippen LogP contribution in [-0.4, -0.2) is 23.2 Å². The fraction of sp³-hybridized carbons (Fsp3) is 0.909. The molecule has 0 bridgehead atoms. The summed E-state index contributed by atoms with van der Waals surface area (Å²) in [5, 5.41) is -0.0246. The molecule has 0 spiro atoms. The van der Waals surface area contributed by atoms with E-state index in [-0.39, 0.29) is 17.7 Å². The van der Waals surface area contributed by atoms with Gasteiger partial charge in [-0.1, -0.05) is 83.5 Å². The zero-order valence-corrected chi connectivity index (χ0v) is 18.4. The van der Waals surface area contributed by atoms with Crippen LogP contribution >= 0.6 is 23.2 Å². The van der Waals surface area contributed by atoms with Gasteiger partial charge in [-0.25, -0.2) is 0 Å². The molecule has 27 heavy (non-hydrogen) atoms. The van der Waals surface area contributed by atoms with Crippen LogP contribution in [0.1, 0.15) is 109 Å². The first-order chi connectivity index (χ1) is 13.1. The van der Waals surface area contributed by atoms with Crippen molar-refractivity contribution in [2.75, 3.05) is 5.88 Å². The molecule has 1 aliphatic heterocycles. The van der Waals surface area contributed by atoms with Gasteiger partial charge in [-0.05, 0) is 19.3 Å². The smallest absolute Gasteiger partial charge is 0.317 e. The van der Waals surface area contributed by atoms with Crippen LogP contribution in [0.4, 0.5) is 0 Å². The van der Waals surface area contributed by atoms with E-state index >= 15 is 0 Å². The van der Waals surface area contributed by atoms with Crippen molar-refractivity contribution in [2.45, 2.75) is 115 Å². The van der Waals surface area contributed by atoms with Crippen LogP contribution in [0.25, 0.3) is 0 Å². The van der Waals surface area contributed by atoms with Crippen molar-refractivity contribution in [3.8, 4) is 0 Å². The highest BCUT2D eigenvalue weighted by Gasteiger charge is 2.34. The molecule has 0 aromatic carbocycles. The number of halogens is 2. The lowest BCUT2D eigenvalue weighted by atomic mass is 9.98. The van der Waals surface area contributed by atoms with Crippen molar-refractivity contribution >= 4 is 35.1 Å². The number of carbonyl (C=O) groups is 2. The van der Waals surface area contributed by atoms with Gasteiger partial charge >= 0.3 is 11.9 Å². The third-order valence-electron chi connectivity index (χ3n) is 5.40. The van der Waals surface area contributed by atoms with Crippen molar-refractivity contribution in [3.63, 3.8) is 0 Å². The van der Waals surface area contributed by atoms with E-state index in [0.29, 0.717) is 6.42 Å². The number of alkyl halides is 2. The Morgan fingerprint density at radius 2 is 1.22 bits per heavy atom. The molecule has 158 valence electrons. The maximum absolute atomic E-state index is 11.4. The number of hydrogen-bond acceptors (Lipinski definition) is 3. The summed E-state index contributed by atoms with van der Waals surface area (Å²) in [4.78, 5) is 22.5. The van der Waals surface area contributed by atoms with Gasteiger partial charge in [0, 0.05) is 11.3 Å². The summed E-state index contributed by atoms with van der Waals surface area (Å²) < 4.78 is 4.56. The van der Waals surface area contributed by atoms with E-state index in [0.717, 1.165) is 18.7 Å². The monoisotopic (exact) mass is 420 g/mol. The lowest BCUT2D eigenvalue weighted by molar-refractivity contribution is -0.153. The molecule has 0 aromatic heterocycles. The summed E-state index contributed by atoms with van der Waals surface area (Å²) >= 11 is 12.0. The Morgan fingerprint density at radius 3 is 1.63 bits per heavy atom. The van der Waals surface area contributed by atoms with E-state index in [2.05, 4.69) is 4.74 Å². The number of cyclic esters (lactones) is 2. The Kier molecular flexibility index (Phi) is 15.3. The lowest BCUT2D eigenvalue weighted by Gasteiger charge is -2.11. The molecule has 0 aromatic rings. The van der Waals surface area contributed by atoms with Gasteiger partial charge in [0.25, 0.3) is 0 Å². The Hall–Kier alpha value is -0.280. The lowest BCUT2D eigenvalue weighted by Crippen LogP contribution is -2.13. The van der Waals surface area contributed by atoms with Crippen LogP contribution in [-0.2, 0) is 14.3 Å². The van der Waals surface area contributed by atoms with Gasteiger partial charge in [-0.3, -0.25) is 9.59 Å². The van der Waals surface area contributed by atoms with Crippen molar-refractivity contribution in [2.24, 2.45) is 5.92 Å². The molecule has 0 N–H and O–H groups in total. The molecular weight excluding hydrogens is 383 g/mol. The van der Waals surface area contributed by atoms with E-state index in [1.165, 1.54) is 83.5 Å². The third-order valence-corrected chi connectivity index (χ3v) is 6.07. The van der Waals surface area contributed by atoms with Crippen LogP contribution < -0.4 is 0 Å². The number of carbonyl (C=O) groups excluding carboxylic acids is 2. The van der Waals surface area contributed by atoms with Crippen LogP contribution in [0.3, 0.4) is 0 Å². The van der Waals surface area contributed by atoms with E-state index in [1.54, 1.807) is 0 Å². The van der Waals surface area contributed by atoms with E-state index < -0.39 is 11.9 Å². The summed E-state index contributed by atoms with van der Waals surface area (Å²) in [6.07, 6.45) is 20.0. The molecule has 0 saturated carbocycles. The molecule has 0 amide bonds. The number of rotatable bonds is 18. The molecule has 1 heterocycles. The van der Waals surface area contributed by atoms with Crippen LogP contribution in [0.2, 0.25) is 0 Å². The summed E-state index contributed by atoms with van der Waals surface area (Å²) in [6, 6.07) is 0. The summed E-state index contributed by atoms with van der Waals surface area (Å²) in [7, 11) is 0. The van der Waals surface area contributed by atoms with Gasteiger partial charge in [0.1, 0.15) is 0 Å². The summed E-state index contributed by atoms with van der Waals surface area (Å²) in [5.74, 6) is -0.301. The zero-order chi connectivity index (χ0) is 19.7. The standard InChI is InChI=1S/C22H38Cl2O3/c23-16-14-12-10-8-6-4-2-1-3-5-7-9-11-13-15-20(24)17-19-18-21(25)27-22(19)26/h19-20H,1-18H2. The van der Waals surface area contributed by atoms with Gasteiger partial charge < -0.3 is 4.74 Å². The Balaban J connectivity index is 1.79. The van der Waals surface area contributed by atoms with E-state index in [9.17, 15) is 9.59 Å². The third kappa shape index (κ3) is 13.5. The van der Waals surface area contributed by atoms with E-state index in [4.69, 9.17) is 23.2 Å². The Bertz CT molecular complexity index is 401. The van der Waals surface area contributed by atoms with Gasteiger partial charge in [-0.2, -0.15) is 0 Å². The maximum atomic E-state index is 11.4. The minimum Gasteiger partial charge on any atom is -0.393 e. The van der Waals surface area contributed by atoms with Crippen LogP contribution in [0.5, 0.6) is 0 Å². The molecule has 1 saturated heterocycles. The number of hydrogen-bond donors (Lipinski definition) is 0. The minimum atomic E-state index is -0.406. The molecule has 2 atom stereocenters. The van der Waals surface area contributed by atoms with Gasteiger partial charge in [0.15, 0.2) is 0 Å². The highest BCUT2D eigenvalue weighted by molar-refractivity contribution is 6.20. The fourth-order valence-electron chi connectivity index (χ4n) is 3.71. The normalized spacial score (nSPS) is 18.1. The predicted molar refractivity (Wildman–Crippen MR) is 113 cm³/mol. The SMILES string of the molecule is O=C1CC(CC(Cl)CCCCCCCCCCCCCCCCCl)C(=O)O1. The summed E-state index contributed by atoms with van der Waals surface area (Å²) in [5.41, 5.74) is 0. The first-order valence-corrected chi connectivity index (χ1v) is 12.0. The zero-order valence-electron chi connectivity index (χ0n) is 16.9. The molecular formula is C22H38Cl2O3. The first-order valence-electron chi connectivity index (χ1n) is 11.1. The van der Waals surface area contributed by atoms with Gasteiger partial charge in [0.05, 0.1) is 12.3 Å². The first kappa shape index (κ1) is 24.8. The molecule has 1 rings (SSSR count). The average molecular weight is 421 g/mol. The number of unbranched alkanes of at least 4 members (excludes halogenated alkanes) is 13. The highest BCUT2D eigenvalue weighted by Crippen LogP contribution is 2.26.